The van der Waals surface area contributed by atoms with Crippen molar-refractivity contribution in [3.8, 4) is 17.2 Å². The van der Waals surface area contributed by atoms with Gasteiger partial charge in [-0.05, 0) is 49.1 Å². The highest BCUT2D eigenvalue weighted by Gasteiger charge is 2.08. The summed E-state index contributed by atoms with van der Waals surface area (Å²) >= 11 is 0. The summed E-state index contributed by atoms with van der Waals surface area (Å²) < 4.78 is 0. The molecule has 0 spiro atoms. The van der Waals surface area contributed by atoms with Gasteiger partial charge < -0.3 is 15.3 Å². The van der Waals surface area contributed by atoms with Gasteiger partial charge >= 0.3 is 0 Å². The predicted octanol–water partition coefficient (Wildman–Crippen LogP) is 4.48. The van der Waals surface area contributed by atoms with E-state index in [-0.39, 0.29) is 17.2 Å². The number of hydrogen-bond acceptors (Lipinski definition) is 3. The summed E-state index contributed by atoms with van der Waals surface area (Å²) in [5.74, 6) is 0.336. The molecule has 0 heterocycles. The van der Waals surface area contributed by atoms with Crippen LogP contribution < -0.4 is 0 Å². The Morgan fingerprint density at radius 1 is 1.00 bits per heavy atom. The van der Waals surface area contributed by atoms with Crippen molar-refractivity contribution in [1.29, 1.82) is 0 Å². The fourth-order valence-electron chi connectivity index (χ4n) is 2.19. The van der Waals surface area contributed by atoms with Gasteiger partial charge in [-0.2, -0.15) is 0 Å². The number of benzene rings is 2. The fraction of sp³-hybridized carbons (Fsp3) is 0.158. The van der Waals surface area contributed by atoms with Gasteiger partial charge in [0, 0.05) is 11.6 Å². The molecule has 0 bridgehead atoms. The van der Waals surface area contributed by atoms with Gasteiger partial charge in [0.25, 0.3) is 0 Å². The smallest absolute Gasteiger partial charge is 0.123 e. The zero-order chi connectivity index (χ0) is 16.1. The number of phenolic OH excluding ortho intramolecular Hbond substituents is 3. The van der Waals surface area contributed by atoms with Crippen LogP contribution in [0.15, 0.2) is 48.6 Å². The molecule has 2 rings (SSSR count). The molecule has 3 nitrogen and oxygen atoms in total. The van der Waals surface area contributed by atoms with E-state index in [9.17, 15) is 15.3 Å². The molecule has 0 aliphatic heterocycles. The van der Waals surface area contributed by atoms with Crippen LogP contribution in [-0.2, 0) is 6.42 Å². The average molecular weight is 296 g/mol. The number of rotatable bonds is 5. The lowest BCUT2D eigenvalue weighted by Crippen LogP contribution is -1.92. The summed E-state index contributed by atoms with van der Waals surface area (Å²) in [5, 5.41) is 29.0. The van der Waals surface area contributed by atoms with Gasteiger partial charge in [-0.3, -0.25) is 0 Å². The molecule has 0 amide bonds. The normalized spacial score (nSPS) is 11.0. The lowest BCUT2D eigenvalue weighted by Gasteiger charge is -2.10. The van der Waals surface area contributed by atoms with Crippen molar-refractivity contribution in [3.05, 3.63) is 65.2 Å². The van der Waals surface area contributed by atoms with E-state index in [1.807, 2.05) is 19.1 Å². The highest BCUT2D eigenvalue weighted by molar-refractivity contribution is 5.73. The molecule has 0 fully saturated rings. The predicted molar refractivity (Wildman–Crippen MR) is 89.9 cm³/mol. The first-order valence-corrected chi connectivity index (χ1v) is 7.12. The van der Waals surface area contributed by atoms with E-state index in [1.165, 1.54) is 6.07 Å². The van der Waals surface area contributed by atoms with E-state index >= 15 is 0 Å². The van der Waals surface area contributed by atoms with Crippen LogP contribution in [-0.4, -0.2) is 15.3 Å². The van der Waals surface area contributed by atoms with Crippen molar-refractivity contribution < 1.29 is 15.3 Å². The largest absolute Gasteiger partial charge is 0.508 e. The maximum absolute atomic E-state index is 10.1. The molecular weight excluding hydrogens is 276 g/mol. The quantitative estimate of drug-likeness (QED) is 0.563. The van der Waals surface area contributed by atoms with Gasteiger partial charge in [0.1, 0.15) is 17.2 Å². The van der Waals surface area contributed by atoms with Crippen LogP contribution in [0.3, 0.4) is 0 Å². The Labute approximate surface area is 130 Å². The van der Waals surface area contributed by atoms with Gasteiger partial charge in [-0.15, -0.1) is 6.58 Å². The first kappa shape index (κ1) is 15.7. The molecule has 2 aromatic carbocycles. The summed E-state index contributed by atoms with van der Waals surface area (Å²) in [4.78, 5) is 0. The maximum Gasteiger partial charge on any atom is 0.123 e. The third-order valence-corrected chi connectivity index (χ3v) is 3.40. The molecule has 3 N–H and O–H groups in total. The van der Waals surface area contributed by atoms with E-state index in [4.69, 9.17) is 0 Å². The Kier molecular flexibility index (Phi) is 4.89. The van der Waals surface area contributed by atoms with Crippen LogP contribution in [0.1, 0.15) is 30.0 Å². The Morgan fingerprint density at radius 3 is 2.32 bits per heavy atom. The first-order chi connectivity index (χ1) is 10.5. The number of aromatic hydroxyl groups is 3. The topological polar surface area (TPSA) is 60.7 Å². The van der Waals surface area contributed by atoms with Gasteiger partial charge in [-0.25, -0.2) is 0 Å². The molecule has 0 saturated heterocycles. The third kappa shape index (κ3) is 4.16. The van der Waals surface area contributed by atoms with E-state index in [0.29, 0.717) is 6.42 Å². The SMILES string of the molecule is C=C(C)CCc1c(O)cc(O)cc1C=Cc1ccc(O)cc1. The molecule has 0 aliphatic rings. The Balaban J connectivity index is 2.31. The second kappa shape index (κ2) is 6.85. The summed E-state index contributed by atoms with van der Waals surface area (Å²) in [7, 11) is 0. The molecule has 2 aromatic rings. The number of phenols is 3. The first-order valence-electron chi connectivity index (χ1n) is 7.12. The van der Waals surface area contributed by atoms with Crippen molar-refractivity contribution in [2.24, 2.45) is 0 Å². The zero-order valence-corrected chi connectivity index (χ0v) is 12.6. The van der Waals surface area contributed by atoms with Crippen LogP contribution >= 0.6 is 0 Å². The second-order valence-electron chi connectivity index (χ2n) is 5.41. The van der Waals surface area contributed by atoms with E-state index in [1.54, 1.807) is 30.3 Å². The van der Waals surface area contributed by atoms with Crippen molar-refractivity contribution in [3.63, 3.8) is 0 Å². The Morgan fingerprint density at radius 2 is 1.68 bits per heavy atom. The molecule has 0 aliphatic carbocycles. The Bertz CT molecular complexity index is 697. The van der Waals surface area contributed by atoms with Crippen LogP contribution in [0.4, 0.5) is 0 Å². The van der Waals surface area contributed by atoms with Gasteiger partial charge in [0.05, 0.1) is 0 Å². The van der Waals surface area contributed by atoms with E-state index < -0.39 is 0 Å². The molecule has 114 valence electrons. The van der Waals surface area contributed by atoms with Crippen LogP contribution in [0, 0.1) is 0 Å². The molecule has 0 radical (unpaired) electrons. The Hall–Kier alpha value is -2.68. The highest BCUT2D eigenvalue weighted by atomic mass is 16.3. The summed E-state index contributed by atoms with van der Waals surface area (Å²) in [6.07, 6.45) is 5.16. The third-order valence-electron chi connectivity index (χ3n) is 3.40. The van der Waals surface area contributed by atoms with E-state index in [2.05, 4.69) is 6.58 Å². The molecule has 0 aromatic heterocycles. The standard InChI is InChI=1S/C19H20O3/c1-13(2)3-10-18-15(11-17(21)12-19(18)22)7-4-14-5-8-16(20)9-6-14/h4-9,11-12,20-22H,1,3,10H2,2H3. The maximum atomic E-state index is 10.1. The number of allylic oxidation sites excluding steroid dienone is 1. The minimum atomic E-state index is 0.0296. The van der Waals surface area contributed by atoms with Crippen molar-refractivity contribution in [2.75, 3.05) is 0 Å². The van der Waals surface area contributed by atoms with Gasteiger partial charge in [-0.1, -0.05) is 29.9 Å². The zero-order valence-electron chi connectivity index (χ0n) is 12.6. The fourth-order valence-corrected chi connectivity index (χ4v) is 2.19. The second-order valence-corrected chi connectivity index (χ2v) is 5.41. The summed E-state index contributed by atoms with van der Waals surface area (Å²) in [5.41, 5.74) is 3.52. The lowest BCUT2D eigenvalue weighted by atomic mass is 9.98. The van der Waals surface area contributed by atoms with Crippen molar-refractivity contribution in [2.45, 2.75) is 19.8 Å². The van der Waals surface area contributed by atoms with Crippen LogP contribution in [0.5, 0.6) is 17.2 Å². The molecule has 3 heteroatoms. The van der Waals surface area contributed by atoms with Crippen molar-refractivity contribution >= 4 is 12.2 Å². The molecule has 0 atom stereocenters. The van der Waals surface area contributed by atoms with Crippen LogP contribution in [0.25, 0.3) is 12.2 Å². The lowest BCUT2D eigenvalue weighted by molar-refractivity contribution is 0.445. The van der Waals surface area contributed by atoms with Crippen LogP contribution in [0.2, 0.25) is 0 Å². The summed E-state index contributed by atoms with van der Waals surface area (Å²) in [6, 6.07) is 9.79. The highest BCUT2D eigenvalue weighted by Crippen LogP contribution is 2.30. The minimum absolute atomic E-state index is 0.0296. The van der Waals surface area contributed by atoms with Crippen molar-refractivity contribution in [1.82, 2.24) is 0 Å². The minimum Gasteiger partial charge on any atom is -0.508 e. The molecule has 0 unspecified atom stereocenters. The molecule has 0 saturated carbocycles. The summed E-state index contributed by atoms with van der Waals surface area (Å²) in [6.45, 7) is 5.82. The van der Waals surface area contributed by atoms with Gasteiger partial charge in [0.2, 0.25) is 0 Å². The van der Waals surface area contributed by atoms with E-state index in [0.717, 1.165) is 28.7 Å². The molecular formula is C19H20O3. The number of hydrogen-bond donors (Lipinski definition) is 3. The van der Waals surface area contributed by atoms with Gasteiger partial charge in [0.15, 0.2) is 0 Å². The average Bonchev–Trinajstić information content (AvgIpc) is 2.45. The molecule has 22 heavy (non-hydrogen) atoms. The monoisotopic (exact) mass is 296 g/mol.